The SMILES string of the molecule is CC(C)c1[nH+]c(N2CCN(C(=O)c3ccccc3)CC2)c(C#N)c2c1CCC2. The van der Waals surface area contributed by atoms with Crippen LogP contribution in [0.4, 0.5) is 5.82 Å². The Morgan fingerprint density at radius 2 is 1.75 bits per heavy atom. The Balaban J connectivity index is 1.58. The van der Waals surface area contributed by atoms with E-state index in [0.29, 0.717) is 19.0 Å². The van der Waals surface area contributed by atoms with E-state index in [1.807, 2.05) is 35.2 Å². The van der Waals surface area contributed by atoms with Gasteiger partial charge in [-0.3, -0.25) is 9.69 Å². The van der Waals surface area contributed by atoms with Crippen LogP contribution in [0.3, 0.4) is 0 Å². The van der Waals surface area contributed by atoms with Crippen molar-refractivity contribution in [1.82, 2.24) is 4.90 Å². The van der Waals surface area contributed by atoms with E-state index in [-0.39, 0.29) is 5.91 Å². The first-order chi connectivity index (χ1) is 13.6. The van der Waals surface area contributed by atoms with Gasteiger partial charge in [0.25, 0.3) is 11.7 Å². The highest BCUT2D eigenvalue weighted by Crippen LogP contribution is 2.33. The highest BCUT2D eigenvalue weighted by molar-refractivity contribution is 5.94. The van der Waals surface area contributed by atoms with E-state index in [0.717, 1.165) is 49.3 Å². The summed E-state index contributed by atoms with van der Waals surface area (Å²) >= 11 is 0. The predicted molar refractivity (Wildman–Crippen MR) is 108 cm³/mol. The number of H-pyrrole nitrogens is 1. The van der Waals surface area contributed by atoms with E-state index in [1.54, 1.807) is 0 Å². The van der Waals surface area contributed by atoms with E-state index >= 15 is 0 Å². The normalized spacial score (nSPS) is 16.2. The Morgan fingerprint density at radius 1 is 1.07 bits per heavy atom. The second kappa shape index (κ2) is 7.63. The minimum Gasteiger partial charge on any atom is -0.331 e. The van der Waals surface area contributed by atoms with Crippen LogP contribution in [0.5, 0.6) is 0 Å². The number of fused-ring (bicyclic) bond motifs is 1. The number of aromatic nitrogens is 1. The molecule has 0 atom stereocenters. The number of rotatable bonds is 3. The zero-order valence-corrected chi connectivity index (χ0v) is 16.7. The van der Waals surface area contributed by atoms with Crippen molar-refractivity contribution in [3.05, 3.63) is 58.3 Å². The van der Waals surface area contributed by atoms with Gasteiger partial charge in [-0.15, -0.1) is 0 Å². The largest absolute Gasteiger partial charge is 0.331 e. The Hall–Kier alpha value is -2.87. The van der Waals surface area contributed by atoms with Gasteiger partial charge in [0.1, 0.15) is 30.4 Å². The monoisotopic (exact) mass is 375 g/mol. The standard InChI is InChI=1S/C23H26N4O/c1-16(2)21-19-10-6-9-18(19)20(15-24)22(25-21)26-11-13-27(14-12-26)23(28)17-7-4-3-5-8-17/h3-5,7-8,16H,6,9-14H2,1-2H3/p+1. The maximum absolute atomic E-state index is 12.7. The first-order valence-electron chi connectivity index (χ1n) is 10.2. The molecule has 1 N–H and O–H groups in total. The third-order valence-corrected chi connectivity index (χ3v) is 5.93. The molecule has 1 aliphatic carbocycles. The molecule has 0 spiro atoms. The Morgan fingerprint density at radius 3 is 2.39 bits per heavy atom. The highest BCUT2D eigenvalue weighted by atomic mass is 16.2. The summed E-state index contributed by atoms with van der Waals surface area (Å²) in [5, 5.41) is 9.87. The third kappa shape index (κ3) is 3.24. The first-order valence-corrected chi connectivity index (χ1v) is 10.2. The summed E-state index contributed by atoms with van der Waals surface area (Å²) in [6.07, 6.45) is 3.18. The first kappa shape index (κ1) is 18.5. The molecule has 1 amide bonds. The van der Waals surface area contributed by atoms with Gasteiger partial charge in [0.15, 0.2) is 0 Å². The molecule has 1 aromatic carbocycles. The van der Waals surface area contributed by atoms with Gasteiger partial charge < -0.3 is 4.90 Å². The number of anilines is 1. The summed E-state index contributed by atoms with van der Waals surface area (Å²) in [5.41, 5.74) is 5.40. The number of carbonyl (C=O) groups excluding carboxylic acids is 1. The molecule has 0 saturated carbocycles. The fourth-order valence-corrected chi connectivity index (χ4v) is 4.47. The maximum atomic E-state index is 12.7. The highest BCUT2D eigenvalue weighted by Gasteiger charge is 2.34. The molecule has 0 bridgehead atoms. The Bertz CT molecular complexity index is 922. The van der Waals surface area contributed by atoms with E-state index in [4.69, 9.17) is 0 Å². The third-order valence-electron chi connectivity index (χ3n) is 5.93. The second-order valence-corrected chi connectivity index (χ2v) is 7.98. The predicted octanol–water partition coefficient (Wildman–Crippen LogP) is 2.95. The molecule has 0 unspecified atom stereocenters. The number of carbonyl (C=O) groups is 1. The number of hydrogen-bond acceptors (Lipinski definition) is 3. The zero-order chi connectivity index (χ0) is 19.7. The Labute approximate surface area is 166 Å². The van der Waals surface area contributed by atoms with Crippen LogP contribution in [0.2, 0.25) is 0 Å². The number of nitrogens with one attached hydrogen (secondary N) is 1. The average Bonchev–Trinajstić information content (AvgIpc) is 3.22. The van der Waals surface area contributed by atoms with E-state index in [9.17, 15) is 10.1 Å². The second-order valence-electron chi connectivity index (χ2n) is 7.98. The van der Waals surface area contributed by atoms with Gasteiger partial charge in [-0.05, 0) is 42.5 Å². The van der Waals surface area contributed by atoms with E-state index in [1.165, 1.54) is 16.8 Å². The number of hydrogen-bond donors (Lipinski definition) is 0. The number of nitriles is 1. The van der Waals surface area contributed by atoms with Crippen LogP contribution >= 0.6 is 0 Å². The van der Waals surface area contributed by atoms with Crippen LogP contribution in [0.1, 0.15) is 58.9 Å². The van der Waals surface area contributed by atoms with Crippen molar-refractivity contribution < 1.29 is 9.78 Å². The molecule has 2 aromatic rings. The van der Waals surface area contributed by atoms with Crippen molar-refractivity contribution >= 4 is 11.7 Å². The van der Waals surface area contributed by atoms with E-state index < -0.39 is 0 Å². The summed E-state index contributed by atoms with van der Waals surface area (Å²) in [6, 6.07) is 11.9. The molecule has 1 fully saturated rings. The fraction of sp³-hybridized carbons (Fsp3) is 0.435. The van der Waals surface area contributed by atoms with Gasteiger partial charge in [-0.1, -0.05) is 32.0 Å². The zero-order valence-electron chi connectivity index (χ0n) is 16.7. The van der Waals surface area contributed by atoms with Gasteiger partial charge in [-0.2, -0.15) is 5.26 Å². The van der Waals surface area contributed by atoms with Crippen molar-refractivity contribution in [3.63, 3.8) is 0 Å². The molecule has 5 nitrogen and oxygen atoms in total. The maximum Gasteiger partial charge on any atom is 0.293 e. The molecule has 0 radical (unpaired) electrons. The van der Waals surface area contributed by atoms with Gasteiger partial charge >= 0.3 is 0 Å². The number of amides is 1. The van der Waals surface area contributed by atoms with Crippen molar-refractivity contribution in [2.75, 3.05) is 31.1 Å². The van der Waals surface area contributed by atoms with Crippen molar-refractivity contribution in [1.29, 1.82) is 5.26 Å². The van der Waals surface area contributed by atoms with Crippen LogP contribution in [-0.4, -0.2) is 37.0 Å². The number of piperazine rings is 1. The lowest BCUT2D eigenvalue weighted by Gasteiger charge is -2.32. The summed E-state index contributed by atoms with van der Waals surface area (Å²) in [5.74, 6) is 1.43. The van der Waals surface area contributed by atoms with E-state index in [2.05, 4.69) is 29.8 Å². The van der Waals surface area contributed by atoms with Crippen LogP contribution in [-0.2, 0) is 12.8 Å². The number of nitrogens with zero attached hydrogens (tertiary/aromatic N) is 3. The number of benzene rings is 1. The van der Waals surface area contributed by atoms with Crippen LogP contribution in [0, 0.1) is 11.3 Å². The number of aromatic amines is 1. The summed E-state index contributed by atoms with van der Waals surface area (Å²) in [4.78, 5) is 20.5. The molecular weight excluding hydrogens is 348 g/mol. The lowest BCUT2D eigenvalue weighted by Crippen LogP contribution is -2.50. The summed E-state index contributed by atoms with van der Waals surface area (Å²) < 4.78 is 0. The minimum absolute atomic E-state index is 0.0848. The molecule has 1 saturated heterocycles. The lowest BCUT2D eigenvalue weighted by molar-refractivity contribution is -0.379. The van der Waals surface area contributed by atoms with Crippen LogP contribution in [0.15, 0.2) is 30.3 Å². The molecule has 2 aliphatic rings. The summed E-state index contributed by atoms with van der Waals surface area (Å²) in [7, 11) is 0. The summed E-state index contributed by atoms with van der Waals surface area (Å²) in [6.45, 7) is 7.22. The van der Waals surface area contributed by atoms with Gasteiger partial charge in [0, 0.05) is 11.5 Å². The van der Waals surface area contributed by atoms with Gasteiger partial charge in [-0.25, -0.2) is 4.98 Å². The van der Waals surface area contributed by atoms with Gasteiger partial charge in [0.2, 0.25) is 0 Å². The average molecular weight is 375 g/mol. The fourth-order valence-electron chi connectivity index (χ4n) is 4.47. The van der Waals surface area contributed by atoms with Gasteiger partial charge in [0.05, 0.1) is 13.1 Å². The molecule has 4 rings (SSSR count). The minimum atomic E-state index is 0.0848. The molecule has 5 heteroatoms. The quantitative estimate of drug-likeness (QED) is 0.829. The molecule has 2 heterocycles. The lowest BCUT2D eigenvalue weighted by atomic mass is 9.97. The molecular formula is C23H27N4O+. The van der Waals surface area contributed by atoms with Crippen LogP contribution in [0.25, 0.3) is 0 Å². The van der Waals surface area contributed by atoms with Crippen LogP contribution < -0.4 is 9.88 Å². The van der Waals surface area contributed by atoms with Crippen molar-refractivity contribution in [2.24, 2.45) is 0 Å². The van der Waals surface area contributed by atoms with Crippen molar-refractivity contribution in [3.8, 4) is 6.07 Å². The molecule has 1 aliphatic heterocycles. The molecule has 144 valence electrons. The smallest absolute Gasteiger partial charge is 0.293 e. The molecule has 1 aromatic heterocycles. The molecule has 28 heavy (non-hydrogen) atoms. The number of pyridine rings is 1. The Kier molecular flexibility index (Phi) is 5.04. The van der Waals surface area contributed by atoms with Crippen molar-refractivity contribution in [2.45, 2.75) is 39.0 Å². The topological polar surface area (TPSA) is 61.5 Å².